The Morgan fingerprint density at radius 1 is 0.786 bits per heavy atom. The number of ether oxygens (including phenoxy) is 5. The summed E-state index contributed by atoms with van der Waals surface area (Å²) in [6.07, 6.45) is -17.3. The molecule has 3 fully saturated rings. The highest BCUT2D eigenvalue weighted by Crippen LogP contribution is 2.36. The summed E-state index contributed by atoms with van der Waals surface area (Å²) < 4.78 is 29.1. The molecule has 16 nitrogen and oxygen atoms in total. The number of carbonyl (C=O) groups excluding carboxylic acids is 2. The van der Waals surface area contributed by atoms with Crippen molar-refractivity contribution in [3.8, 4) is 0 Å². The van der Waals surface area contributed by atoms with E-state index in [0.717, 1.165) is 0 Å². The second kappa shape index (κ2) is 16.8. The first kappa shape index (κ1) is 37.0. The fraction of sp³-hybridized carbons (Fsp3) is 0.962. The van der Waals surface area contributed by atoms with Gasteiger partial charge in [0.25, 0.3) is 0 Å². The van der Waals surface area contributed by atoms with Crippen molar-refractivity contribution in [2.75, 3.05) is 19.8 Å². The summed E-state index contributed by atoms with van der Waals surface area (Å²) >= 11 is 0. The molecule has 0 radical (unpaired) electrons. The third-order valence-electron chi connectivity index (χ3n) is 8.13. The third-order valence-corrected chi connectivity index (χ3v) is 8.13. The van der Waals surface area contributed by atoms with Gasteiger partial charge in [0.05, 0.1) is 44.2 Å². The molecular formula is C26H46O16. The minimum atomic E-state index is -1.65. The Hall–Kier alpha value is -1.18. The van der Waals surface area contributed by atoms with E-state index in [1.165, 1.54) is 0 Å². The van der Waals surface area contributed by atoms with E-state index in [2.05, 4.69) is 0 Å². The van der Waals surface area contributed by atoms with Crippen molar-refractivity contribution in [1.29, 1.82) is 0 Å². The number of rotatable bonds is 10. The van der Waals surface area contributed by atoms with E-state index < -0.39 is 111 Å². The van der Waals surface area contributed by atoms with Crippen LogP contribution >= 0.6 is 0 Å². The van der Waals surface area contributed by atoms with Gasteiger partial charge in [-0.1, -0.05) is 27.7 Å². The van der Waals surface area contributed by atoms with Crippen molar-refractivity contribution in [1.82, 2.24) is 0 Å². The Morgan fingerprint density at radius 2 is 1.33 bits per heavy atom. The lowest BCUT2D eigenvalue weighted by molar-refractivity contribution is -0.362. The van der Waals surface area contributed by atoms with Crippen LogP contribution in [0.1, 0.15) is 34.1 Å². The summed E-state index contributed by atoms with van der Waals surface area (Å²) in [7, 11) is 0. The van der Waals surface area contributed by atoms with Crippen molar-refractivity contribution in [2.24, 2.45) is 17.8 Å². The van der Waals surface area contributed by atoms with E-state index >= 15 is 0 Å². The number of hydrogen-bond donors (Lipinski definition) is 9. The highest BCUT2D eigenvalue weighted by molar-refractivity contribution is 5.20. The van der Waals surface area contributed by atoms with Crippen molar-refractivity contribution < 1.29 is 79.2 Å². The molecule has 5 unspecified atom stereocenters. The minimum Gasteiger partial charge on any atom is -0.394 e. The SMILES string of the molecule is CC(C)[C@H]1OC(CO)[C@H](O)[C@H](O[C@@H]2OC(CO)[C@H](O)[C@H](O[C@@H]3C[C@@H](O)[C@@H](C)C([C@H](O)[C@H](O)CO)O3)C2O)C1C.O=C=O. The smallest absolute Gasteiger partial charge is 0.373 e. The highest BCUT2D eigenvalue weighted by Gasteiger charge is 2.52. The first-order chi connectivity index (χ1) is 19.8. The number of aliphatic hydroxyl groups excluding tert-OH is 9. The fourth-order valence-corrected chi connectivity index (χ4v) is 5.68. The Balaban J connectivity index is 0.00000197. The molecule has 3 heterocycles. The molecule has 16 atom stereocenters. The topological polar surface area (TPSA) is 262 Å². The zero-order valence-electron chi connectivity index (χ0n) is 24.0. The van der Waals surface area contributed by atoms with E-state index in [-0.39, 0.29) is 24.6 Å². The van der Waals surface area contributed by atoms with Crippen molar-refractivity contribution in [2.45, 2.75) is 120 Å². The Bertz CT molecular complexity index is 826. The molecule has 3 aliphatic rings. The van der Waals surface area contributed by atoms with Gasteiger partial charge < -0.3 is 69.6 Å². The van der Waals surface area contributed by atoms with Crippen LogP contribution in [0.4, 0.5) is 0 Å². The van der Waals surface area contributed by atoms with Gasteiger partial charge >= 0.3 is 6.15 Å². The molecule has 42 heavy (non-hydrogen) atoms. The van der Waals surface area contributed by atoms with Crippen molar-refractivity contribution >= 4 is 6.15 Å². The maximum atomic E-state index is 11.1. The van der Waals surface area contributed by atoms with Gasteiger partial charge in [0.15, 0.2) is 12.6 Å². The highest BCUT2D eigenvalue weighted by atomic mass is 16.7. The van der Waals surface area contributed by atoms with Gasteiger partial charge in [-0.3, -0.25) is 0 Å². The van der Waals surface area contributed by atoms with Crippen LogP contribution in [0.3, 0.4) is 0 Å². The standard InChI is InChI=1S/C25H46O14.CO2/c1-9(2)21-11(4)23(18(32)14(7-27)35-21)39-25-20(34)24(19(33)15(8-28)36-25)38-16-5-12(29)10(3)22(37-16)17(31)13(30)6-26;2-1-3/h9-34H,5-8H2,1-4H3;/t10-,11?,12-,13-,14?,15?,16-,17-,18+,19+,20?,21-,22?,23-,24+,25+;/m1./s1. The molecule has 0 amide bonds. The Morgan fingerprint density at radius 3 is 1.86 bits per heavy atom. The lowest BCUT2D eigenvalue weighted by Gasteiger charge is -2.49. The molecular weight excluding hydrogens is 568 g/mol. The van der Waals surface area contributed by atoms with Crippen LogP contribution in [0.5, 0.6) is 0 Å². The minimum absolute atomic E-state index is 0.0119. The molecule has 0 bridgehead atoms. The second-order valence-electron chi connectivity index (χ2n) is 11.3. The zero-order valence-corrected chi connectivity index (χ0v) is 24.0. The molecule has 0 saturated carbocycles. The molecule has 16 heteroatoms. The Labute approximate surface area is 243 Å². The average molecular weight is 615 g/mol. The number of hydrogen-bond acceptors (Lipinski definition) is 16. The van der Waals surface area contributed by atoms with E-state index in [1.54, 1.807) is 13.8 Å². The van der Waals surface area contributed by atoms with Crippen LogP contribution in [0.25, 0.3) is 0 Å². The van der Waals surface area contributed by atoms with Gasteiger partial charge in [0.2, 0.25) is 0 Å². The van der Waals surface area contributed by atoms with E-state index in [4.69, 9.17) is 33.3 Å². The molecule has 3 rings (SSSR count). The summed E-state index contributed by atoms with van der Waals surface area (Å²) in [6.45, 7) is 5.35. The van der Waals surface area contributed by atoms with Crippen LogP contribution in [0.15, 0.2) is 0 Å². The van der Waals surface area contributed by atoms with Crippen molar-refractivity contribution in [3.05, 3.63) is 0 Å². The van der Waals surface area contributed by atoms with Crippen LogP contribution in [-0.2, 0) is 33.3 Å². The van der Waals surface area contributed by atoms with Gasteiger partial charge in [-0.15, -0.1) is 0 Å². The van der Waals surface area contributed by atoms with Crippen LogP contribution in [-0.4, -0.2) is 158 Å². The predicted molar refractivity (Wildman–Crippen MR) is 136 cm³/mol. The van der Waals surface area contributed by atoms with E-state index in [1.807, 2.05) is 13.8 Å². The molecule has 3 saturated heterocycles. The monoisotopic (exact) mass is 614 g/mol. The van der Waals surface area contributed by atoms with Crippen LogP contribution < -0.4 is 0 Å². The number of aliphatic hydroxyl groups is 9. The molecule has 0 aromatic carbocycles. The third kappa shape index (κ3) is 8.50. The normalized spacial score (nSPS) is 44.0. The fourth-order valence-electron chi connectivity index (χ4n) is 5.68. The molecule has 0 aromatic heterocycles. The summed E-state index contributed by atoms with van der Waals surface area (Å²) in [5.41, 5.74) is 0. The van der Waals surface area contributed by atoms with Gasteiger partial charge in [-0.25, -0.2) is 0 Å². The summed E-state index contributed by atoms with van der Waals surface area (Å²) in [5, 5.41) is 92.3. The largest absolute Gasteiger partial charge is 0.394 e. The lowest BCUT2D eigenvalue weighted by atomic mass is 9.83. The van der Waals surface area contributed by atoms with E-state index in [9.17, 15) is 46.0 Å². The Kier molecular flexibility index (Phi) is 14.8. The molecule has 9 N–H and O–H groups in total. The van der Waals surface area contributed by atoms with Gasteiger partial charge in [-0.2, -0.15) is 9.59 Å². The van der Waals surface area contributed by atoms with Gasteiger partial charge in [0.1, 0.15) is 48.8 Å². The maximum Gasteiger partial charge on any atom is 0.373 e. The average Bonchev–Trinajstić information content (AvgIpc) is 2.95. The molecule has 3 aliphatic heterocycles. The van der Waals surface area contributed by atoms with E-state index in [0.29, 0.717) is 0 Å². The van der Waals surface area contributed by atoms with Crippen molar-refractivity contribution in [3.63, 3.8) is 0 Å². The lowest BCUT2D eigenvalue weighted by Crippen LogP contribution is -2.64. The first-order valence-electron chi connectivity index (χ1n) is 13.9. The molecule has 0 spiro atoms. The quantitative estimate of drug-likeness (QED) is 0.113. The zero-order chi connectivity index (χ0) is 31.9. The van der Waals surface area contributed by atoms with Crippen LogP contribution in [0.2, 0.25) is 0 Å². The summed E-state index contributed by atoms with van der Waals surface area (Å²) in [6, 6.07) is 0. The van der Waals surface area contributed by atoms with Gasteiger partial charge in [0, 0.05) is 18.3 Å². The molecule has 0 aromatic rings. The molecule has 0 aliphatic carbocycles. The second-order valence-corrected chi connectivity index (χ2v) is 11.3. The first-order valence-corrected chi connectivity index (χ1v) is 13.9. The predicted octanol–water partition coefficient (Wildman–Crippen LogP) is -4.15. The summed E-state index contributed by atoms with van der Waals surface area (Å²) in [5.74, 6) is -1.02. The summed E-state index contributed by atoms with van der Waals surface area (Å²) in [4.78, 5) is 16.2. The van der Waals surface area contributed by atoms with Crippen LogP contribution in [0, 0.1) is 17.8 Å². The van der Waals surface area contributed by atoms with Gasteiger partial charge in [-0.05, 0) is 5.92 Å². The maximum absolute atomic E-state index is 11.1. The molecule has 246 valence electrons.